The van der Waals surface area contributed by atoms with Gasteiger partial charge < -0.3 is 15.0 Å². The maximum atomic E-state index is 12.4. The standard InChI is InChI=1S/C18H19N3O3/c1-12-3-6-15(7-4-12)21-11-13(9-17(21)22)18(23)20-14-5-8-16(24-2)19-10-14/h3-8,10,13H,9,11H2,1-2H3,(H,20,23). The molecule has 0 radical (unpaired) electrons. The van der Waals surface area contributed by atoms with E-state index in [0.29, 0.717) is 18.1 Å². The maximum Gasteiger partial charge on any atom is 0.229 e. The second-order valence-electron chi connectivity index (χ2n) is 5.82. The smallest absolute Gasteiger partial charge is 0.229 e. The lowest BCUT2D eigenvalue weighted by Gasteiger charge is -2.17. The van der Waals surface area contributed by atoms with E-state index in [4.69, 9.17) is 4.74 Å². The normalized spacial score (nSPS) is 17.0. The molecule has 3 rings (SSSR count). The number of pyridine rings is 1. The molecule has 1 saturated heterocycles. The predicted molar refractivity (Wildman–Crippen MR) is 91.1 cm³/mol. The van der Waals surface area contributed by atoms with Gasteiger partial charge in [-0.05, 0) is 25.1 Å². The molecule has 1 aromatic heterocycles. The number of rotatable bonds is 4. The number of aromatic nitrogens is 1. The van der Waals surface area contributed by atoms with Gasteiger partial charge in [-0.3, -0.25) is 9.59 Å². The molecule has 1 aliphatic rings. The Bertz CT molecular complexity index is 741. The fraction of sp³-hybridized carbons (Fsp3) is 0.278. The Labute approximate surface area is 140 Å². The van der Waals surface area contributed by atoms with Crippen LogP contribution in [0.15, 0.2) is 42.6 Å². The van der Waals surface area contributed by atoms with E-state index in [9.17, 15) is 9.59 Å². The van der Waals surface area contributed by atoms with Crippen LogP contribution >= 0.6 is 0 Å². The van der Waals surface area contributed by atoms with Crippen molar-refractivity contribution in [3.05, 3.63) is 48.2 Å². The molecule has 24 heavy (non-hydrogen) atoms. The molecule has 6 nitrogen and oxygen atoms in total. The van der Waals surface area contributed by atoms with Crippen LogP contribution in [0.5, 0.6) is 5.88 Å². The van der Waals surface area contributed by atoms with Crippen molar-refractivity contribution in [2.45, 2.75) is 13.3 Å². The van der Waals surface area contributed by atoms with Crippen molar-refractivity contribution >= 4 is 23.2 Å². The average Bonchev–Trinajstić information content (AvgIpc) is 2.98. The number of anilines is 2. The van der Waals surface area contributed by atoms with Crippen molar-refractivity contribution in [2.24, 2.45) is 5.92 Å². The second kappa shape index (κ2) is 6.70. The molecular weight excluding hydrogens is 306 g/mol. The van der Waals surface area contributed by atoms with Crippen molar-refractivity contribution in [1.82, 2.24) is 4.98 Å². The van der Waals surface area contributed by atoms with E-state index in [1.165, 1.54) is 13.3 Å². The highest BCUT2D eigenvalue weighted by molar-refractivity contribution is 6.03. The van der Waals surface area contributed by atoms with Crippen LogP contribution in [0.4, 0.5) is 11.4 Å². The van der Waals surface area contributed by atoms with Gasteiger partial charge in [0.15, 0.2) is 0 Å². The van der Waals surface area contributed by atoms with Gasteiger partial charge in [-0.25, -0.2) is 4.98 Å². The van der Waals surface area contributed by atoms with Gasteiger partial charge in [-0.15, -0.1) is 0 Å². The Morgan fingerprint density at radius 2 is 2.00 bits per heavy atom. The van der Waals surface area contributed by atoms with E-state index in [0.717, 1.165) is 11.3 Å². The van der Waals surface area contributed by atoms with E-state index in [2.05, 4.69) is 10.3 Å². The summed E-state index contributed by atoms with van der Waals surface area (Å²) in [5, 5.41) is 2.80. The van der Waals surface area contributed by atoms with Crippen LogP contribution < -0.4 is 15.0 Å². The Kier molecular flexibility index (Phi) is 4.46. The molecule has 1 aromatic carbocycles. The minimum absolute atomic E-state index is 0.0353. The molecule has 1 fully saturated rings. The summed E-state index contributed by atoms with van der Waals surface area (Å²) in [4.78, 5) is 30.3. The molecule has 2 heterocycles. The number of carbonyl (C=O) groups is 2. The number of aryl methyl sites for hydroxylation is 1. The first kappa shape index (κ1) is 16.0. The highest BCUT2D eigenvalue weighted by Crippen LogP contribution is 2.26. The largest absolute Gasteiger partial charge is 0.481 e. The van der Waals surface area contributed by atoms with Crippen LogP contribution in [0, 0.1) is 12.8 Å². The number of amides is 2. The number of methoxy groups -OCH3 is 1. The van der Waals surface area contributed by atoms with Crippen LogP contribution in [0.25, 0.3) is 0 Å². The number of nitrogens with zero attached hydrogens (tertiary/aromatic N) is 2. The predicted octanol–water partition coefficient (Wildman–Crippen LogP) is 2.39. The van der Waals surface area contributed by atoms with Gasteiger partial charge in [-0.2, -0.15) is 0 Å². The lowest BCUT2D eigenvalue weighted by molar-refractivity contribution is -0.122. The van der Waals surface area contributed by atoms with Gasteiger partial charge in [0.1, 0.15) is 0 Å². The van der Waals surface area contributed by atoms with Crippen molar-refractivity contribution in [1.29, 1.82) is 0 Å². The number of carbonyl (C=O) groups excluding carboxylic acids is 2. The van der Waals surface area contributed by atoms with Gasteiger partial charge in [0, 0.05) is 24.7 Å². The molecule has 0 bridgehead atoms. The number of ether oxygens (including phenoxy) is 1. The number of hydrogen-bond donors (Lipinski definition) is 1. The molecule has 0 aliphatic carbocycles. The van der Waals surface area contributed by atoms with Crippen molar-refractivity contribution in [3.63, 3.8) is 0 Å². The molecule has 0 saturated carbocycles. The SMILES string of the molecule is COc1ccc(NC(=O)C2CC(=O)N(c3ccc(C)cc3)C2)cn1. The van der Waals surface area contributed by atoms with Crippen LogP contribution in [0.2, 0.25) is 0 Å². The van der Waals surface area contributed by atoms with E-state index in [-0.39, 0.29) is 24.2 Å². The van der Waals surface area contributed by atoms with E-state index < -0.39 is 0 Å². The van der Waals surface area contributed by atoms with Crippen molar-refractivity contribution < 1.29 is 14.3 Å². The van der Waals surface area contributed by atoms with Crippen LogP contribution in [0.1, 0.15) is 12.0 Å². The summed E-state index contributed by atoms with van der Waals surface area (Å²) in [6, 6.07) is 11.1. The third kappa shape index (κ3) is 3.37. The first-order valence-corrected chi connectivity index (χ1v) is 7.75. The fourth-order valence-corrected chi connectivity index (χ4v) is 2.68. The highest BCUT2D eigenvalue weighted by atomic mass is 16.5. The summed E-state index contributed by atoms with van der Waals surface area (Å²) in [6.07, 6.45) is 1.74. The summed E-state index contributed by atoms with van der Waals surface area (Å²) in [6.45, 7) is 2.38. The zero-order valence-corrected chi connectivity index (χ0v) is 13.7. The molecule has 2 aromatic rings. The molecule has 0 spiro atoms. The molecule has 1 unspecified atom stereocenters. The topological polar surface area (TPSA) is 71.5 Å². The third-order valence-corrected chi connectivity index (χ3v) is 4.05. The highest BCUT2D eigenvalue weighted by Gasteiger charge is 2.35. The van der Waals surface area contributed by atoms with Gasteiger partial charge >= 0.3 is 0 Å². The first-order chi connectivity index (χ1) is 11.6. The van der Waals surface area contributed by atoms with Gasteiger partial charge in [0.2, 0.25) is 17.7 Å². The summed E-state index contributed by atoms with van der Waals surface area (Å²) in [5.41, 5.74) is 2.54. The lowest BCUT2D eigenvalue weighted by Crippen LogP contribution is -2.28. The summed E-state index contributed by atoms with van der Waals surface area (Å²) < 4.78 is 4.98. The Hall–Kier alpha value is -2.89. The summed E-state index contributed by atoms with van der Waals surface area (Å²) >= 11 is 0. The fourth-order valence-electron chi connectivity index (χ4n) is 2.68. The third-order valence-electron chi connectivity index (χ3n) is 4.05. The second-order valence-corrected chi connectivity index (χ2v) is 5.82. The van der Waals surface area contributed by atoms with E-state index in [1.54, 1.807) is 17.0 Å². The number of hydrogen-bond acceptors (Lipinski definition) is 4. The molecule has 2 amide bonds. The minimum Gasteiger partial charge on any atom is -0.481 e. The monoisotopic (exact) mass is 325 g/mol. The molecule has 1 N–H and O–H groups in total. The van der Waals surface area contributed by atoms with Crippen molar-refractivity contribution in [3.8, 4) is 5.88 Å². The Morgan fingerprint density at radius 3 is 2.62 bits per heavy atom. The zero-order valence-electron chi connectivity index (χ0n) is 13.7. The molecule has 124 valence electrons. The van der Waals surface area contributed by atoms with Crippen LogP contribution in [-0.4, -0.2) is 30.5 Å². The maximum absolute atomic E-state index is 12.4. The Morgan fingerprint density at radius 1 is 1.25 bits per heavy atom. The molecular formula is C18H19N3O3. The first-order valence-electron chi connectivity index (χ1n) is 7.75. The summed E-state index contributed by atoms with van der Waals surface area (Å²) in [5.74, 6) is -0.104. The van der Waals surface area contributed by atoms with E-state index >= 15 is 0 Å². The molecule has 6 heteroatoms. The Balaban J connectivity index is 1.66. The lowest BCUT2D eigenvalue weighted by atomic mass is 10.1. The zero-order chi connectivity index (χ0) is 17.1. The average molecular weight is 325 g/mol. The number of benzene rings is 1. The van der Waals surface area contributed by atoms with Gasteiger partial charge in [-0.1, -0.05) is 17.7 Å². The quantitative estimate of drug-likeness (QED) is 0.937. The van der Waals surface area contributed by atoms with Gasteiger partial charge in [0.25, 0.3) is 0 Å². The van der Waals surface area contributed by atoms with Gasteiger partial charge in [0.05, 0.1) is 24.9 Å². The van der Waals surface area contributed by atoms with Crippen molar-refractivity contribution in [2.75, 3.05) is 23.9 Å². The van der Waals surface area contributed by atoms with Crippen LogP contribution in [-0.2, 0) is 9.59 Å². The number of nitrogens with one attached hydrogen (secondary N) is 1. The molecule has 1 atom stereocenters. The van der Waals surface area contributed by atoms with Crippen LogP contribution in [0.3, 0.4) is 0 Å². The van der Waals surface area contributed by atoms with E-state index in [1.807, 2.05) is 31.2 Å². The summed E-state index contributed by atoms with van der Waals surface area (Å²) in [7, 11) is 1.53. The molecule has 1 aliphatic heterocycles. The minimum atomic E-state index is -0.374.